The Labute approximate surface area is 181 Å². The topological polar surface area (TPSA) is 76.0 Å². The van der Waals surface area contributed by atoms with Crippen molar-refractivity contribution in [2.24, 2.45) is 23.2 Å². The van der Waals surface area contributed by atoms with Gasteiger partial charge in [0.15, 0.2) is 0 Å². The monoisotopic (exact) mass is 420 g/mol. The molecule has 0 aromatic rings. The summed E-state index contributed by atoms with van der Waals surface area (Å²) in [6, 6.07) is 0. The summed E-state index contributed by atoms with van der Waals surface area (Å²) >= 11 is 0. The third-order valence-electron chi connectivity index (χ3n) is 7.46. The summed E-state index contributed by atoms with van der Waals surface area (Å²) < 4.78 is 12.0. The first-order valence-corrected chi connectivity index (χ1v) is 11.7. The van der Waals surface area contributed by atoms with Gasteiger partial charge in [0.05, 0.1) is 31.3 Å². The zero-order valence-electron chi connectivity index (χ0n) is 19.3. The largest absolute Gasteiger partial charge is 0.462 e. The highest BCUT2D eigenvalue weighted by atomic mass is 16.5. The number of cyclic esters (lactones) is 1. The average Bonchev–Trinajstić information content (AvgIpc) is 2.66. The number of hydrogen-bond acceptors (Lipinski definition) is 5. The lowest BCUT2D eigenvalue weighted by atomic mass is 9.64. The van der Waals surface area contributed by atoms with Crippen LogP contribution in [0.3, 0.4) is 0 Å². The van der Waals surface area contributed by atoms with Gasteiger partial charge in [-0.3, -0.25) is 4.79 Å². The maximum Gasteiger partial charge on any atom is 0.308 e. The van der Waals surface area contributed by atoms with Crippen LogP contribution in [0.15, 0.2) is 23.3 Å². The molecular formula is C25H40O5. The van der Waals surface area contributed by atoms with Gasteiger partial charge >= 0.3 is 5.97 Å². The van der Waals surface area contributed by atoms with Crippen molar-refractivity contribution in [1.29, 1.82) is 0 Å². The molecule has 3 aliphatic rings. The molecule has 1 fully saturated rings. The number of carbonyl (C=O) groups excluding carboxylic acids is 1. The summed E-state index contributed by atoms with van der Waals surface area (Å²) in [5.41, 5.74) is 2.62. The van der Waals surface area contributed by atoms with Gasteiger partial charge < -0.3 is 19.7 Å². The van der Waals surface area contributed by atoms with E-state index in [1.807, 2.05) is 6.08 Å². The Morgan fingerprint density at radius 2 is 1.97 bits per heavy atom. The number of esters is 1. The molecule has 2 N–H and O–H groups in total. The third kappa shape index (κ3) is 5.54. The highest BCUT2D eigenvalue weighted by molar-refractivity contribution is 5.70. The minimum Gasteiger partial charge on any atom is -0.462 e. The molecule has 7 atom stereocenters. The van der Waals surface area contributed by atoms with Crippen LogP contribution in [0.5, 0.6) is 0 Å². The summed E-state index contributed by atoms with van der Waals surface area (Å²) in [5, 5.41) is 20.6. The minimum absolute atomic E-state index is 0.0950. The van der Waals surface area contributed by atoms with Gasteiger partial charge in [0.25, 0.3) is 0 Å². The molecule has 1 heterocycles. The number of hydrogen-bond donors (Lipinski definition) is 2. The van der Waals surface area contributed by atoms with Crippen LogP contribution in [0.4, 0.5) is 0 Å². The van der Waals surface area contributed by atoms with Gasteiger partial charge in [-0.25, -0.2) is 0 Å². The first-order chi connectivity index (χ1) is 14.1. The Morgan fingerprint density at radius 1 is 1.23 bits per heavy atom. The second-order valence-electron chi connectivity index (χ2n) is 10.6. The summed E-state index contributed by atoms with van der Waals surface area (Å²) in [4.78, 5) is 11.7. The van der Waals surface area contributed by atoms with Crippen LogP contribution in [-0.4, -0.2) is 47.2 Å². The Balaban J connectivity index is 1.76. The van der Waals surface area contributed by atoms with Crippen molar-refractivity contribution < 1.29 is 24.5 Å². The summed E-state index contributed by atoms with van der Waals surface area (Å²) in [6.07, 6.45) is 7.16. The number of aliphatic hydroxyl groups excluding tert-OH is 2. The molecule has 2 aliphatic carbocycles. The molecule has 0 spiro atoms. The fourth-order valence-corrected chi connectivity index (χ4v) is 5.17. The first-order valence-electron chi connectivity index (χ1n) is 11.7. The summed E-state index contributed by atoms with van der Waals surface area (Å²) in [5.74, 6) is 0.288. The fraction of sp³-hybridized carbons (Fsp3) is 0.800. The van der Waals surface area contributed by atoms with E-state index in [4.69, 9.17) is 9.47 Å². The molecule has 0 radical (unpaired) electrons. The van der Waals surface area contributed by atoms with E-state index in [0.717, 1.165) is 25.9 Å². The number of rotatable bonds is 7. The number of allylic oxidation sites excluding steroid dienone is 1. The zero-order valence-corrected chi connectivity index (χ0v) is 19.3. The molecule has 0 aromatic carbocycles. The van der Waals surface area contributed by atoms with Gasteiger partial charge in [-0.2, -0.15) is 0 Å². The quantitative estimate of drug-likeness (QED) is 0.605. The van der Waals surface area contributed by atoms with Crippen LogP contribution in [0.2, 0.25) is 0 Å². The Hall–Kier alpha value is -1.17. The summed E-state index contributed by atoms with van der Waals surface area (Å²) in [7, 11) is 0. The molecule has 5 heteroatoms. The smallest absolute Gasteiger partial charge is 0.308 e. The molecule has 5 nitrogen and oxygen atoms in total. The van der Waals surface area contributed by atoms with Crippen molar-refractivity contribution in [3.05, 3.63) is 23.3 Å². The van der Waals surface area contributed by atoms with E-state index in [0.29, 0.717) is 12.8 Å². The molecule has 0 saturated carbocycles. The Morgan fingerprint density at radius 3 is 2.63 bits per heavy atom. The highest BCUT2D eigenvalue weighted by Crippen LogP contribution is 2.46. The third-order valence-corrected chi connectivity index (χ3v) is 7.46. The van der Waals surface area contributed by atoms with Gasteiger partial charge in [0.2, 0.25) is 0 Å². The van der Waals surface area contributed by atoms with E-state index in [2.05, 4.69) is 40.7 Å². The molecule has 3 rings (SSSR count). The number of fused-ring (bicyclic) bond motifs is 1. The van der Waals surface area contributed by atoms with E-state index >= 15 is 0 Å². The van der Waals surface area contributed by atoms with Crippen molar-refractivity contribution in [2.75, 3.05) is 6.61 Å². The van der Waals surface area contributed by atoms with Gasteiger partial charge in [-0.15, -0.1) is 0 Å². The van der Waals surface area contributed by atoms with Crippen molar-refractivity contribution in [3.8, 4) is 0 Å². The Bertz CT molecular complexity index is 679. The lowest BCUT2D eigenvalue weighted by Crippen LogP contribution is -2.44. The van der Waals surface area contributed by atoms with E-state index in [9.17, 15) is 15.0 Å². The second kappa shape index (κ2) is 9.54. The molecule has 1 saturated heterocycles. The molecule has 7 unspecified atom stereocenters. The second-order valence-corrected chi connectivity index (χ2v) is 10.6. The van der Waals surface area contributed by atoms with Crippen molar-refractivity contribution in [2.45, 2.75) is 97.6 Å². The van der Waals surface area contributed by atoms with Crippen LogP contribution >= 0.6 is 0 Å². The van der Waals surface area contributed by atoms with Gasteiger partial charge in [-0.05, 0) is 55.4 Å². The van der Waals surface area contributed by atoms with Gasteiger partial charge in [-0.1, -0.05) is 45.4 Å². The minimum atomic E-state index is -0.603. The molecule has 0 bridgehead atoms. The van der Waals surface area contributed by atoms with Gasteiger partial charge in [0.1, 0.15) is 6.10 Å². The van der Waals surface area contributed by atoms with E-state index in [1.165, 1.54) is 11.1 Å². The van der Waals surface area contributed by atoms with Crippen LogP contribution in [0.1, 0.15) is 73.1 Å². The van der Waals surface area contributed by atoms with Crippen molar-refractivity contribution in [1.82, 2.24) is 0 Å². The lowest BCUT2D eigenvalue weighted by Gasteiger charge is -2.46. The highest BCUT2D eigenvalue weighted by Gasteiger charge is 2.43. The maximum atomic E-state index is 11.7. The number of ether oxygens (including phenoxy) is 2. The first kappa shape index (κ1) is 23.5. The maximum absolute atomic E-state index is 11.7. The zero-order chi connectivity index (χ0) is 22.1. The average molecular weight is 421 g/mol. The number of aliphatic hydroxyl groups is 2. The van der Waals surface area contributed by atoms with Crippen LogP contribution in [-0.2, 0) is 14.3 Å². The predicted octanol–water partition coefficient (Wildman–Crippen LogP) is 4.17. The van der Waals surface area contributed by atoms with Crippen LogP contribution in [0.25, 0.3) is 0 Å². The molecule has 30 heavy (non-hydrogen) atoms. The molecule has 1 aliphatic heterocycles. The molecule has 0 amide bonds. The standard InChI is InChI=1S/C25H40O5/c1-6-25(4,5)14-29-22-10-15(2)9-17-11-21(27)16(3)20(24(17)22)8-7-19-12-18(26)13-23(28)30-19/h9,11,16,18-22,24,26-27H,6-8,10,12-14H2,1-5H3. The summed E-state index contributed by atoms with van der Waals surface area (Å²) in [6.45, 7) is 11.7. The molecule has 0 aromatic heterocycles. The van der Waals surface area contributed by atoms with Crippen LogP contribution < -0.4 is 0 Å². The predicted molar refractivity (Wildman–Crippen MR) is 117 cm³/mol. The van der Waals surface area contributed by atoms with Crippen LogP contribution in [0, 0.1) is 23.2 Å². The lowest BCUT2D eigenvalue weighted by molar-refractivity contribution is -0.160. The van der Waals surface area contributed by atoms with Crippen molar-refractivity contribution in [3.63, 3.8) is 0 Å². The fourth-order valence-electron chi connectivity index (χ4n) is 5.17. The van der Waals surface area contributed by atoms with Crippen molar-refractivity contribution >= 4 is 5.97 Å². The van der Waals surface area contributed by atoms with E-state index < -0.39 is 12.2 Å². The molecule has 170 valence electrons. The Kier molecular flexibility index (Phi) is 7.47. The van der Waals surface area contributed by atoms with E-state index in [1.54, 1.807) is 0 Å². The number of carbonyl (C=O) groups is 1. The van der Waals surface area contributed by atoms with E-state index in [-0.39, 0.29) is 47.8 Å². The van der Waals surface area contributed by atoms with Gasteiger partial charge in [0, 0.05) is 12.3 Å². The normalized spacial score (nSPS) is 37.2. The SMILES string of the molecule is CCC(C)(C)COC1CC(C)=CC2=CC(O)C(C)C(CCC3CC(O)CC(=O)O3)C21. The molecular weight excluding hydrogens is 380 g/mol.